The van der Waals surface area contributed by atoms with Crippen molar-refractivity contribution in [3.63, 3.8) is 0 Å². The molecule has 0 saturated heterocycles. The van der Waals surface area contributed by atoms with E-state index in [9.17, 15) is 4.39 Å². The average Bonchev–Trinajstić information content (AvgIpc) is 2.70. The summed E-state index contributed by atoms with van der Waals surface area (Å²) < 4.78 is 13.7. The number of hydrogen-bond donors (Lipinski definition) is 1. The van der Waals surface area contributed by atoms with Gasteiger partial charge in [-0.1, -0.05) is 12.1 Å². The highest BCUT2D eigenvalue weighted by atomic mass is 19.1. The van der Waals surface area contributed by atoms with Gasteiger partial charge < -0.3 is 5.32 Å². The van der Waals surface area contributed by atoms with E-state index in [2.05, 4.69) is 40.2 Å². The van der Waals surface area contributed by atoms with Crippen molar-refractivity contribution in [3.05, 3.63) is 72.4 Å². The first kappa shape index (κ1) is 18.0. The molecule has 0 aliphatic heterocycles. The van der Waals surface area contributed by atoms with E-state index in [0.717, 1.165) is 39.1 Å². The first-order chi connectivity index (χ1) is 13.5. The molecule has 4 rings (SSSR count). The molecule has 0 bridgehead atoms. The van der Waals surface area contributed by atoms with E-state index >= 15 is 0 Å². The number of aryl methyl sites for hydroxylation is 1. The molecule has 4 nitrogen and oxygen atoms in total. The Morgan fingerprint density at radius 3 is 2.54 bits per heavy atom. The number of benzene rings is 2. The zero-order chi connectivity index (χ0) is 19.7. The Kier molecular flexibility index (Phi) is 4.74. The zero-order valence-corrected chi connectivity index (χ0v) is 16.1. The van der Waals surface area contributed by atoms with E-state index in [1.54, 1.807) is 25.5 Å². The molecule has 1 N–H and O–H groups in total. The Morgan fingerprint density at radius 2 is 1.75 bits per heavy atom. The number of aromatic nitrogens is 3. The maximum Gasteiger partial charge on any atom is 0.137 e. The molecule has 140 valence electrons. The second-order valence-electron chi connectivity index (χ2n) is 7.12. The number of nitrogens with zero attached hydrogens (tertiary/aromatic N) is 3. The molecule has 4 aromatic rings. The van der Waals surface area contributed by atoms with Crippen LogP contribution in [-0.4, -0.2) is 21.0 Å². The molecule has 0 amide bonds. The standard InChI is InChI=1S/C23H21FN4/c1-14(2)28-23-19-12-16(7-9-21(19)26-13-27-23)18-5-4-10-25-22(18)17-6-8-20(24)15(3)11-17/h4-14H,1-3H3,(H,26,27,28). The number of anilines is 1. The molecule has 28 heavy (non-hydrogen) atoms. The molecule has 2 aromatic carbocycles. The van der Waals surface area contributed by atoms with Crippen molar-refractivity contribution in [2.75, 3.05) is 5.32 Å². The summed E-state index contributed by atoms with van der Waals surface area (Å²) in [6, 6.07) is 15.4. The summed E-state index contributed by atoms with van der Waals surface area (Å²) >= 11 is 0. The van der Waals surface area contributed by atoms with E-state index < -0.39 is 0 Å². The Balaban J connectivity index is 1.88. The van der Waals surface area contributed by atoms with Gasteiger partial charge in [-0.05, 0) is 68.3 Å². The van der Waals surface area contributed by atoms with Crippen molar-refractivity contribution in [1.82, 2.24) is 15.0 Å². The number of nitrogens with one attached hydrogen (secondary N) is 1. The molecule has 0 saturated carbocycles. The van der Waals surface area contributed by atoms with E-state index in [4.69, 9.17) is 0 Å². The third-order valence-corrected chi connectivity index (χ3v) is 4.61. The van der Waals surface area contributed by atoms with Crippen LogP contribution in [0, 0.1) is 12.7 Å². The van der Waals surface area contributed by atoms with Crippen molar-refractivity contribution in [1.29, 1.82) is 0 Å². The molecule has 0 aliphatic rings. The Morgan fingerprint density at radius 1 is 0.929 bits per heavy atom. The third-order valence-electron chi connectivity index (χ3n) is 4.61. The van der Waals surface area contributed by atoms with Crippen LogP contribution < -0.4 is 5.32 Å². The van der Waals surface area contributed by atoms with E-state index in [-0.39, 0.29) is 11.9 Å². The van der Waals surface area contributed by atoms with Crippen molar-refractivity contribution >= 4 is 16.7 Å². The van der Waals surface area contributed by atoms with E-state index in [0.29, 0.717) is 5.56 Å². The Hall–Kier alpha value is -3.34. The quantitative estimate of drug-likeness (QED) is 0.505. The molecule has 0 unspecified atom stereocenters. The van der Waals surface area contributed by atoms with E-state index in [1.807, 2.05) is 30.3 Å². The number of rotatable bonds is 4. The Bertz CT molecular complexity index is 1150. The summed E-state index contributed by atoms with van der Waals surface area (Å²) in [4.78, 5) is 13.4. The largest absolute Gasteiger partial charge is 0.367 e. The second kappa shape index (κ2) is 7.35. The first-order valence-electron chi connectivity index (χ1n) is 9.26. The van der Waals surface area contributed by atoms with Gasteiger partial charge in [-0.2, -0.15) is 0 Å². The highest BCUT2D eigenvalue weighted by Gasteiger charge is 2.12. The van der Waals surface area contributed by atoms with Crippen molar-refractivity contribution in [2.45, 2.75) is 26.8 Å². The SMILES string of the molecule is Cc1cc(-c2ncccc2-c2ccc3ncnc(NC(C)C)c3c2)ccc1F. The number of pyridine rings is 1. The van der Waals surface area contributed by atoms with Gasteiger partial charge in [0.1, 0.15) is 18.0 Å². The highest BCUT2D eigenvalue weighted by molar-refractivity contribution is 5.94. The molecule has 0 fully saturated rings. The molecule has 2 heterocycles. The van der Waals surface area contributed by atoms with Gasteiger partial charge >= 0.3 is 0 Å². The molecule has 2 aromatic heterocycles. The zero-order valence-electron chi connectivity index (χ0n) is 16.1. The molecule has 0 radical (unpaired) electrons. The van der Waals surface area contributed by atoms with Crippen LogP contribution in [0.15, 0.2) is 61.1 Å². The molecule has 5 heteroatoms. The third kappa shape index (κ3) is 3.43. The van der Waals surface area contributed by atoms with Crippen LogP contribution in [0.3, 0.4) is 0 Å². The lowest BCUT2D eigenvalue weighted by atomic mass is 9.97. The average molecular weight is 372 g/mol. The smallest absolute Gasteiger partial charge is 0.137 e. The van der Waals surface area contributed by atoms with Crippen LogP contribution in [0.25, 0.3) is 33.3 Å². The normalized spacial score (nSPS) is 11.2. The number of fused-ring (bicyclic) bond motifs is 1. The van der Waals surface area contributed by atoms with Crippen LogP contribution in [-0.2, 0) is 0 Å². The van der Waals surface area contributed by atoms with E-state index in [1.165, 1.54) is 6.07 Å². The van der Waals surface area contributed by atoms with Gasteiger partial charge in [0, 0.05) is 28.8 Å². The van der Waals surface area contributed by atoms with Gasteiger partial charge in [0.05, 0.1) is 11.2 Å². The van der Waals surface area contributed by atoms with Crippen LogP contribution in [0.1, 0.15) is 19.4 Å². The summed E-state index contributed by atoms with van der Waals surface area (Å²) in [6.07, 6.45) is 3.33. The van der Waals surface area contributed by atoms with Crippen LogP contribution in [0.4, 0.5) is 10.2 Å². The van der Waals surface area contributed by atoms with Gasteiger partial charge in [-0.15, -0.1) is 0 Å². The summed E-state index contributed by atoms with van der Waals surface area (Å²) in [5, 5.41) is 4.34. The summed E-state index contributed by atoms with van der Waals surface area (Å²) in [7, 11) is 0. The summed E-state index contributed by atoms with van der Waals surface area (Å²) in [5.41, 5.74) is 5.18. The van der Waals surface area contributed by atoms with Gasteiger partial charge in [0.25, 0.3) is 0 Å². The van der Waals surface area contributed by atoms with Gasteiger partial charge in [0.2, 0.25) is 0 Å². The monoisotopic (exact) mass is 372 g/mol. The maximum atomic E-state index is 13.7. The number of halogens is 1. The fraction of sp³-hybridized carbons (Fsp3) is 0.174. The number of hydrogen-bond acceptors (Lipinski definition) is 4. The minimum Gasteiger partial charge on any atom is -0.367 e. The second-order valence-corrected chi connectivity index (χ2v) is 7.12. The topological polar surface area (TPSA) is 50.7 Å². The lowest BCUT2D eigenvalue weighted by molar-refractivity contribution is 0.619. The highest BCUT2D eigenvalue weighted by Crippen LogP contribution is 2.33. The predicted molar refractivity (Wildman–Crippen MR) is 112 cm³/mol. The predicted octanol–water partition coefficient (Wildman–Crippen LogP) is 5.63. The minimum atomic E-state index is -0.214. The minimum absolute atomic E-state index is 0.214. The molecule has 0 aliphatic carbocycles. The molecule has 0 spiro atoms. The summed E-state index contributed by atoms with van der Waals surface area (Å²) in [6.45, 7) is 5.92. The molecular weight excluding hydrogens is 351 g/mol. The lowest BCUT2D eigenvalue weighted by Gasteiger charge is -2.13. The molecule has 0 atom stereocenters. The van der Waals surface area contributed by atoms with Gasteiger partial charge in [-0.3, -0.25) is 4.98 Å². The van der Waals surface area contributed by atoms with Gasteiger partial charge in [0.15, 0.2) is 0 Å². The Labute approximate surface area is 163 Å². The van der Waals surface area contributed by atoms with Crippen LogP contribution in [0.2, 0.25) is 0 Å². The van der Waals surface area contributed by atoms with Crippen molar-refractivity contribution in [3.8, 4) is 22.4 Å². The van der Waals surface area contributed by atoms with Crippen molar-refractivity contribution in [2.24, 2.45) is 0 Å². The fourth-order valence-corrected chi connectivity index (χ4v) is 3.27. The van der Waals surface area contributed by atoms with Crippen molar-refractivity contribution < 1.29 is 4.39 Å². The first-order valence-corrected chi connectivity index (χ1v) is 9.26. The lowest BCUT2D eigenvalue weighted by Crippen LogP contribution is -2.11. The van der Waals surface area contributed by atoms with Gasteiger partial charge in [-0.25, -0.2) is 14.4 Å². The summed E-state index contributed by atoms with van der Waals surface area (Å²) in [5.74, 6) is 0.596. The van der Waals surface area contributed by atoms with Crippen LogP contribution >= 0.6 is 0 Å². The maximum absolute atomic E-state index is 13.7. The molecular formula is C23H21FN4. The fourth-order valence-electron chi connectivity index (χ4n) is 3.27. The van der Waals surface area contributed by atoms with Crippen LogP contribution in [0.5, 0.6) is 0 Å².